The van der Waals surface area contributed by atoms with E-state index in [1.807, 2.05) is 19.1 Å². The number of phenols is 1. The molecule has 0 spiro atoms. The van der Waals surface area contributed by atoms with Crippen molar-refractivity contribution in [2.45, 2.75) is 13.0 Å². The maximum absolute atomic E-state index is 10.0. The van der Waals surface area contributed by atoms with Crippen molar-refractivity contribution in [3.63, 3.8) is 0 Å². The molecule has 0 bridgehead atoms. The summed E-state index contributed by atoms with van der Waals surface area (Å²) in [6.07, 6.45) is 0. The van der Waals surface area contributed by atoms with E-state index < -0.39 is 0 Å². The van der Waals surface area contributed by atoms with Gasteiger partial charge in [-0.05, 0) is 24.6 Å². The van der Waals surface area contributed by atoms with Gasteiger partial charge in [0.15, 0.2) is 11.5 Å². The van der Waals surface area contributed by atoms with Gasteiger partial charge in [-0.25, -0.2) is 0 Å². The normalized spacial score (nSPS) is 21.5. The summed E-state index contributed by atoms with van der Waals surface area (Å²) < 4.78 is 11.1. The van der Waals surface area contributed by atoms with Crippen LogP contribution in [-0.4, -0.2) is 80.5 Å². The molecule has 2 N–H and O–H groups in total. The highest BCUT2D eigenvalue weighted by Gasteiger charge is 2.26. The van der Waals surface area contributed by atoms with E-state index >= 15 is 0 Å². The third kappa shape index (κ3) is 4.39. The van der Waals surface area contributed by atoms with Gasteiger partial charge in [0, 0.05) is 51.9 Å². The van der Waals surface area contributed by atoms with Crippen molar-refractivity contribution in [2.75, 3.05) is 65.6 Å². The van der Waals surface area contributed by atoms with Gasteiger partial charge in [-0.2, -0.15) is 0 Å². The predicted octanol–water partition coefficient (Wildman–Crippen LogP) is 1.07. The molecule has 0 aromatic heterocycles. The molecule has 0 aliphatic carbocycles. The Hall–Kier alpha value is -1.34. The van der Waals surface area contributed by atoms with Crippen LogP contribution in [0.15, 0.2) is 18.2 Å². The van der Waals surface area contributed by atoms with Crippen LogP contribution < -0.4 is 10.1 Å². The van der Waals surface area contributed by atoms with Gasteiger partial charge in [0.05, 0.1) is 19.8 Å². The van der Waals surface area contributed by atoms with E-state index in [4.69, 9.17) is 9.47 Å². The fourth-order valence-electron chi connectivity index (χ4n) is 3.46. The zero-order valence-electron chi connectivity index (χ0n) is 14.5. The van der Waals surface area contributed by atoms with Crippen LogP contribution in [-0.2, 0) is 4.74 Å². The largest absolute Gasteiger partial charge is 0.504 e. The van der Waals surface area contributed by atoms with Gasteiger partial charge in [-0.15, -0.1) is 0 Å². The van der Waals surface area contributed by atoms with Crippen molar-refractivity contribution in [3.05, 3.63) is 23.8 Å². The van der Waals surface area contributed by atoms with E-state index in [-0.39, 0.29) is 5.75 Å². The van der Waals surface area contributed by atoms with Gasteiger partial charge in [-0.3, -0.25) is 9.80 Å². The van der Waals surface area contributed by atoms with Crippen LogP contribution in [0.3, 0.4) is 0 Å². The number of nitrogens with one attached hydrogen (secondary N) is 1. The summed E-state index contributed by atoms with van der Waals surface area (Å²) in [5.74, 6) is 0.795. The van der Waals surface area contributed by atoms with Crippen LogP contribution in [0.25, 0.3) is 0 Å². The molecular weight excluding hydrogens is 306 g/mol. The van der Waals surface area contributed by atoms with E-state index in [9.17, 15) is 5.11 Å². The van der Waals surface area contributed by atoms with Crippen LogP contribution in [0.4, 0.5) is 0 Å². The van der Waals surface area contributed by atoms with Crippen LogP contribution in [0.1, 0.15) is 18.5 Å². The van der Waals surface area contributed by atoms with E-state index in [2.05, 4.69) is 15.1 Å². The molecule has 0 radical (unpaired) electrons. The third-order valence-electron chi connectivity index (χ3n) is 4.80. The van der Waals surface area contributed by atoms with Gasteiger partial charge >= 0.3 is 0 Å². The second-order valence-electron chi connectivity index (χ2n) is 6.37. The first-order chi connectivity index (χ1) is 11.8. The predicted molar refractivity (Wildman–Crippen MR) is 93.7 cm³/mol. The summed E-state index contributed by atoms with van der Waals surface area (Å²) in [6.45, 7) is 11.2. The number of ether oxygens (including phenoxy) is 2. The van der Waals surface area contributed by atoms with Crippen molar-refractivity contribution >= 4 is 0 Å². The Bertz CT molecular complexity index is 514. The van der Waals surface area contributed by atoms with Crippen molar-refractivity contribution < 1.29 is 14.6 Å². The van der Waals surface area contributed by atoms with Gasteiger partial charge < -0.3 is 19.9 Å². The Morgan fingerprint density at radius 1 is 1.21 bits per heavy atom. The number of morpholine rings is 1. The minimum absolute atomic E-state index is 0.214. The first-order valence-electron chi connectivity index (χ1n) is 8.98. The number of phenolic OH excluding ortho intramolecular Hbond substituents is 1. The highest BCUT2D eigenvalue weighted by Crippen LogP contribution is 2.32. The number of nitrogens with zero attached hydrogens (tertiary/aromatic N) is 2. The standard InChI is InChI=1S/C18H29N3O3/c1-2-24-18-13-15(3-4-17(18)22)16(21-7-5-19-6-8-21)14-20-9-11-23-12-10-20/h3-4,13,16,19,22H,2,5-12,14H2,1H3. The summed E-state index contributed by atoms with van der Waals surface area (Å²) in [6, 6.07) is 6.11. The van der Waals surface area contributed by atoms with Crippen LogP contribution in [0, 0.1) is 0 Å². The Morgan fingerprint density at radius 2 is 1.96 bits per heavy atom. The second kappa shape index (κ2) is 8.67. The Labute approximate surface area is 144 Å². The highest BCUT2D eigenvalue weighted by molar-refractivity contribution is 5.43. The van der Waals surface area contributed by atoms with Crippen molar-refractivity contribution in [2.24, 2.45) is 0 Å². The molecule has 24 heavy (non-hydrogen) atoms. The monoisotopic (exact) mass is 335 g/mol. The molecule has 1 aromatic rings. The summed E-state index contributed by atoms with van der Waals surface area (Å²) >= 11 is 0. The average molecular weight is 335 g/mol. The second-order valence-corrected chi connectivity index (χ2v) is 6.37. The van der Waals surface area contributed by atoms with E-state index in [1.165, 1.54) is 5.56 Å². The Morgan fingerprint density at radius 3 is 2.67 bits per heavy atom. The fourth-order valence-corrected chi connectivity index (χ4v) is 3.46. The third-order valence-corrected chi connectivity index (χ3v) is 4.80. The van der Waals surface area contributed by atoms with Crippen LogP contribution >= 0.6 is 0 Å². The SMILES string of the molecule is CCOc1cc(C(CN2CCOCC2)N2CCNCC2)ccc1O. The molecule has 6 heteroatoms. The molecule has 1 aromatic carbocycles. The van der Waals surface area contributed by atoms with E-state index in [1.54, 1.807) is 6.07 Å². The van der Waals surface area contributed by atoms with Gasteiger partial charge in [0.25, 0.3) is 0 Å². The molecule has 0 amide bonds. The minimum atomic E-state index is 0.214. The van der Waals surface area contributed by atoms with Crippen molar-refractivity contribution in [3.8, 4) is 11.5 Å². The number of aromatic hydroxyl groups is 1. The molecule has 1 unspecified atom stereocenters. The maximum atomic E-state index is 10.0. The first kappa shape index (κ1) is 17.5. The summed E-state index contributed by atoms with van der Waals surface area (Å²) in [7, 11) is 0. The molecule has 2 aliphatic rings. The first-order valence-corrected chi connectivity index (χ1v) is 8.98. The molecule has 6 nitrogen and oxygen atoms in total. The lowest BCUT2D eigenvalue weighted by atomic mass is 10.0. The molecule has 1 atom stereocenters. The van der Waals surface area contributed by atoms with Gasteiger partial charge in [0.2, 0.25) is 0 Å². The molecule has 2 saturated heterocycles. The quantitative estimate of drug-likeness (QED) is 0.811. The summed E-state index contributed by atoms with van der Waals surface area (Å²) in [5, 5.41) is 13.4. The zero-order chi connectivity index (χ0) is 16.8. The average Bonchev–Trinajstić information content (AvgIpc) is 2.63. The smallest absolute Gasteiger partial charge is 0.161 e. The molecule has 0 saturated carbocycles. The van der Waals surface area contributed by atoms with Crippen LogP contribution in [0.2, 0.25) is 0 Å². The molecule has 134 valence electrons. The Balaban J connectivity index is 1.80. The zero-order valence-corrected chi connectivity index (χ0v) is 14.5. The van der Waals surface area contributed by atoms with Gasteiger partial charge in [-0.1, -0.05) is 6.07 Å². The lowest BCUT2D eigenvalue weighted by Gasteiger charge is -2.39. The van der Waals surface area contributed by atoms with E-state index in [0.717, 1.165) is 59.0 Å². The molecule has 2 aliphatic heterocycles. The highest BCUT2D eigenvalue weighted by atomic mass is 16.5. The molecular formula is C18H29N3O3. The van der Waals surface area contributed by atoms with E-state index in [0.29, 0.717) is 18.4 Å². The number of hydrogen-bond acceptors (Lipinski definition) is 6. The maximum Gasteiger partial charge on any atom is 0.161 e. The lowest BCUT2D eigenvalue weighted by Crippen LogP contribution is -2.49. The topological polar surface area (TPSA) is 57.2 Å². The number of piperazine rings is 1. The Kier molecular flexibility index (Phi) is 6.31. The minimum Gasteiger partial charge on any atom is -0.504 e. The molecule has 2 heterocycles. The molecule has 2 fully saturated rings. The van der Waals surface area contributed by atoms with Gasteiger partial charge in [0.1, 0.15) is 0 Å². The fraction of sp³-hybridized carbons (Fsp3) is 0.667. The lowest BCUT2D eigenvalue weighted by molar-refractivity contribution is 0.0206. The van der Waals surface area contributed by atoms with Crippen molar-refractivity contribution in [1.82, 2.24) is 15.1 Å². The summed E-state index contributed by atoms with van der Waals surface area (Å²) in [4.78, 5) is 5.01. The number of benzene rings is 1. The van der Waals surface area contributed by atoms with Crippen LogP contribution in [0.5, 0.6) is 11.5 Å². The summed E-state index contributed by atoms with van der Waals surface area (Å²) in [5.41, 5.74) is 1.21. The van der Waals surface area contributed by atoms with Crippen molar-refractivity contribution in [1.29, 1.82) is 0 Å². The molecule has 3 rings (SSSR count). The number of hydrogen-bond donors (Lipinski definition) is 2. The number of rotatable bonds is 6.